The van der Waals surface area contributed by atoms with Crippen molar-refractivity contribution < 1.29 is 35.7 Å². The molecule has 0 bridgehead atoms. The van der Waals surface area contributed by atoms with Gasteiger partial charge in [-0.05, 0) is 61.0 Å². The zero-order valence-corrected chi connectivity index (χ0v) is 20.8. The maximum absolute atomic E-state index is 12.8. The van der Waals surface area contributed by atoms with Gasteiger partial charge in [0.05, 0.1) is 28.8 Å². The van der Waals surface area contributed by atoms with Crippen LogP contribution in [0, 0.1) is 6.92 Å². The van der Waals surface area contributed by atoms with E-state index in [2.05, 4.69) is 4.98 Å². The van der Waals surface area contributed by atoms with Crippen LogP contribution in [0.1, 0.15) is 27.2 Å². The van der Waals surface area contributed by atoms with Gasteiger partial charge in [0.25, 0.3) is 11.5 Å². The van der Waals surface area contributed by atoms with Crippen molar-refractivity contribution in [3.05, 3.63) is 106 Å². The molecular formula is C25H19F3N4O6S. The zero-order chi connectivity index (χ0) is 28.5. The summed E-state index contributed by atoms with van der Waals surface area (Å²) >= 11 is 0. The van der Waals surface area contributed by atoms with Crippen LogP contribution in [-0.4, -0.2) is 34.5 Å². The van der Waals surface area contributed by atoms with Gasteiger partial charge < -0.3 is 4.57 Å². The highest BCUT2D eigenvalue weighted by Gasteiger charge is 2.33. The van der Waals surface area contributed by atoms with E-state index in [0.29, 0.717) is 46.6 Å². The molecule has 39 heavy (non-hydrogen) atoms. The van der Waals surface area contributed by atoms with E-state index < -0.39 is 39.7 Å². The summed E-state index contributed by atoms with van der Waals surface area (Å²) in [6.45, 7) is 1.74. The van der Waals surface area contributed by atoms with Crippen molar-refractivity contribution >= 4 is 39.0 Å². The molecule has 0 atom stereocenters. The van der Waals surface area contributed by atoms with E-state index in [-0.39, 0.29) is 22.0 Å². The third kappa shape index (κ3) is 5.97. The van der Waals surface area contributed by atoms with Crippen LogP contribution < -0.4 is 15.2 Å². The van der Waals surface area contributed by atoms with E-state index in [9.17, 15) is 40.5 Å². The van der Waals surface area contributed by atoms with Crippen LogP contribution in [0.25, 0.3) is 11.0 Å². The lowest BCUT2D eigenvalue weighted by molar-refractivity contribution is -0.137. The number of alkyl halides is 3. The first-order valence-electron chi connectivity index (χ1n) is 11.1. The van der Waals surface area contributed by atoms with E-state index in [4.69, 9.17) is 0 Å². The number of aryl methyl sites for hydroxylation is 1. The van der Waals surface area contributed by atoms with Crippen molar-refractivity contribution in [1.82, 2.24) is 14.9 Å². The number of imide groups is 1. The fourth-order valence-electron chi connectivity index (χ4n) is 3.78. The second-order valence-electron chi connectivity index (χ2n) is 8.32. The number of hydrogen-bond donors (Lipinski definition) is 2. The SMILES string of the molecule is Cc1nc2ccccc2n(Cc2ccc(C(=O)NC(=O)N(c3ccc(C(F)(F)F)cc3)S(=O)(=O)O)cc2)c1=O. The summed E-state index contributed by atoms with van der Waals surface area (Å²) < 4.78 is 72.7. The normalized spacial score (nSPS) is 11.8. The molecule has 0 saturated heterocycles. The van der Waals surface area contributed by atoms with Gasteiger partial charge in [0.1, 0.15) is 5.69 Å². The average molecular weight is 561 g/mol. The van der Waals surface area contributed by atoms with E-state index >= 15 is 0 Å². The molecular weight excluding hydrogens is 541 g/mol. The molecule has 1 heterocycles. The van der Waals surface area contributed by atoms with E-state index in [0.717, 1.165) is 0 Å². The molecule has 4 aromatic rings. The van der Waals surface area contributed by atoms with Crippen molar-refractivity contribution in [2.75, 3.05) is 4.31 Å². The minimum atomic E-state index is -5.31. The Morgan fingerprint density at radius 2 is 1.62 bits per heavy atom. The quantitative estimate of drug-likeness (QED) is 0.353. The molecule has 1 aromatic heterocycles. The van der Waals surface area contributed by atoms with Crippen LogP contribution in [0.4, 0.5) is 23.7 Å². The van der Waals surface area contributed by atoms with Crippen LogP contribution in [0.2, 0.25) is 0 Å². The molecule has 0 spiro atoms. The largest absolute Gasteiger partial charge is 0.416 e. The van der Waals surface area contributed by atoms with Crippen LogP contribution in [0.5, 0.6) is 0 Å². The van der Waals surface area contributed by atoms with Crippen molar-refractivity contribution in [1.29, 1.82) is 0 Å². The first-order chi connectivity index (χ1) is 18.3. The Morgan fingerprint density at radius 1 is 1.00 bits per heavy atom. The number of carbonyl (C=O) groups excluding carboxylic acids is 2. The Morgan fingerprint density at radius 3 is 2.21 bits per heavy atom. The van der Waals surface area contributed by atoms with Crippen LogP contribution in [-0.2, 0) is 23.0 Å². The van der Waals surface area contributed by atoms with Gasteiger partial charge in [-0.25, -0.2) is 9.78 Å². The Hall–Kier alpha value is -4.56. The van der Waals surface area contributed by atoms with Crippen molar-refractivity contribution in [2.45, 2.75) is 19.6 Å². The van der Waals surface area contributed by atoms with Crippen molar-refractivity contribution in [2.24, 2.45) is 0 Å². The van der Waals surface area contributed by atoms with E-state index in [1.54, 1.807) is 36.5 Å². The number of rotatable bonds is 5. The molecule has 0 saturated carbocycles. The molecule has 0 unspecified atom stereocenters. The average Bonchev–Trinajstić information content (AvgIpc) is 2.86. The molecule has 0 aliphatic carbocycles. The predicted molar refractivity (Wildman–Crippen MR) is 135 cm³/mol. The minimum absolute atomic E-state index is 0.0714. The van der Waals surface area contributed by atoms with Gasteiger partial charge in [-0.1, -0.05) is 24.3 Å². The number of fused-ring (bicyclic) bond motifs is 1. The lowest BCUT2D eigenvalue weighted by atomic mass is 10.1. The number of para-hydroxylation sites is 2. The number of urea groups is 1. The molecule has 10 nitrogen and oxygen atoms in total. The number of benzene rings is 3. The molecule has 3 aromatic carbocycles. The predicted octanol–water partition coefficient (Wildman–Crippen LogP) is 3.93. The third-order valence-corrected chi connectivity index (χ3v) is 6.48. The number of aromatic nitrogens is 2. The van der Waals surface area contributed by atoms with E-state index in [1.807, 2.05) is 0 Å². The number of nitrogens with one attached hydrogen (secondary N) is 1. The summed E-state index contributed by atoms with van der Waals surface area (Å²) in [7, 11) is -5.31. The van der Waals surface area contributed by atoms with Crippen molar-refractivity contribution in [3.8, 4) is 0 Å². The Labute approximate surface area is 219 Å². The first kappa shape index (κ1) is 27.5. The maximum atomic E-state index is 12.8. The molecule has 0 fully saturated rings. The molecule has 0 aliphatic heterocycles. The first-order valence-corrected chi connectivity index (χ1v) is 12.5. The highest BCUT2D eigenvalue weighted by Crippen LogP contribution is 2.31. The lowest BCUT2D eigenvalue weighted by Gasteiger charge is -2.19. The minimum Gasteiger partial charge on any atom is -0.301 e. The number of nitrogens with zero attached hydrogens (tertiary/aromatic N) is 3. The van der Waals surface area contributed by atoms with E-state index in [1.165, 1.54) is 28.8 Å². The molecule has 0 aliphatic rings. The molecule has 2 N–H and O–H groups in total. The Bertz CT molecular complexity index is 1740. The number of hydrogen-bond acceptors (Lipinski definition) is 6. The smallest absolute Gasteiger partial charge is 0.301 e. The van der Waals surface area contributed by atoms with Gasteiger partial charge in [0.2, 0.25) is 0 Å². The summed E-state index contributed by atoms with van der Waals surface area (Å²) in [5, 5.41) is 1.78. The van der Waals surface area contributed by atoms with Gasteiger partial charge in [0, 0.05) is 5.56 Å². The highest BCUT2D eigenvalue weighted by molar-refractivity contribution is 7.88. The van der Waals surface area contributed by atoms with Crippen LogP contribution in [0.15, 0.2) is 77.6 Å². The molecule has 4 rings (SSSR count). The lowest BCUT2D eigenvalue weighted by Crippen LogP contribution is -2.46. The topological polar surface area (TPSA) is 139 Å². The van der Waals surface area contributed by atoms with Crippen LogP contribution >= 0.6 is 0 Å². The van der Waals surface area contributed by atoms with Gasteiger partial charge in [-0.3, -0.25) is 19.5 Å². The Balaban J connectivity index is 1.53. The number of carbonyl (C=O) groups is 2. The monoisotopic (exact) mass is 560 g/mol. The Kier molecular flexibility index (Phi) is 7.26. The van der Waals surface area contributed by atoms with Crippen molar-refractivity contribution in [3.63, 3.8) is 0 Å². The fourth-order valence-corrected chi connectivity index (χ4v) is 4.43. The zero-order valence-electron chi connectivity index (χ0n) is 20.0. The standard InChI is InChI=1S/C25H19F3N4O6S/c1-15-23(34)31(21-5-3-2-4-20(21)29-15)14-16-6-8-17(9-7-16)22(33)30-24(35)32(39(36,37)38)19-12-10-18(11-13-19)25(26,27)28/h2-13H,14H2,1H3,(H,30,33,35)(H,36,37,38). The van der Waals surface area contributed by atoms with Gasteiger partial charge in [0.15, 0.2) is 0 Å². The van der Waals surface area contributed by atoms with Gasteiger partial charge in [-0.15, -0.1) is 0 Å². The molecule has 14 heteroatoms. The van der Waals surface area contributed by atoms with Crippen LogP contribution in [0.3, 0.4) is 0 Å². The second-order valence-corrected chi connectivity index (χ2v) is 9.58. The second kappa shape index (κ2) is 10.3. The molecule has 0 radical (unpaired) electrons. The number of amides is 3. The summed E-state index contributed by atoms with van der Waals surface area (Å²) in [5.41, 5.74) is 0.0497. The summed E-state index contributed by atoms with van der Waals surface area (Å²) in [6.07, 6.45) is -4.72. The number of halogens is 3. The third-order valence-electron chi connectivity index (χ3n) is 5.64. The highest BCUT2D eigenvalue weighted by atomic mass is 32.2. The summed E-state index contributed by atoms with van der Waals surface area (Å²) in [5.74, 6) is -1.05. The fraction of sp³-hybridized carbons (Fsp3) is 0.120. The summed E-state index contributed by atoms with van der Waals surface area (Å²) in [4.78, 5) is 42.1. The molecule has 202 valence electrons. The van der Waals surface area contributed by atoms with Gasteiger partial charge in [-0.2, -0.15) is 25.9 Å². The summed E-state index contributed by atoms with van der Waals surface area (Å²) in [6, 6.07) is 13.5. The number of anilines is 1. The van der Waals surface area contributed by atoms with Gasteiger partial charge >= 0.3 is 22.5 Å². The molecule has 3 amide bonds. The maximum Gasteiger partial charge on any atom is 0.416 e.